The van der Waals surface area contributed by atoms with Crippen molar-refractivity contribution in [1.29, 1.82) is 0 Å². The summed E-state index contributed by atoms with van der Waals surface area (Å²) in [6, 6.07) is 7.96. The van der Waals surface area contributed by atoms with Crippen LogP contribution in [-0.2, 0) is 11.2 Å². The van der Waals surface area contributed by atoms with Crippen molar-refractivity contribution >= 4 is 18.3 Å². The molecule has 1 amide bonds. The highest BCUT2D eigenvalue weighted by Crippen LogP contribution is 2.23. The van der Waals surface area contributed by atoms with Gasteiger partial charge in [-0.3, -0.25) is 4.79 Å². The molecule has 5 heteroatoms. The maximum Gasteiger partial charge on any atom is 0.224 e. The van der Waals surface area contributed by atoms with Crippen LogP contribution in [0.4, 0.5) is 0 Å². The summed E-state index contributed by atoms with van der Waals surface area (Å²) < 4.78 is 5.60. The smallest absolute Gasteiger partial charge is 0.224 e. The lowest BCUT2D eigenvalue weighted by Gasteiger charge is -2.26. The van der Waals surface area contributed by atoms with E-state index < -0.39 is 0 Å². The van der Waals surface area contributed by atoms with Gasteiger partial charge in [0.25, 0.3) is 0 Å². The van der Waals surface area contributed by atoms with E-state index in [9.17, 15) is 4.79 Å². The molecular weight excluding hydrogens is 252 g/mol. The summed E-state index contributed by atoms with van der Waals surface area (Å²) in [5, 5.41) is 2.97. The fourth-order valence-corrected chi connectivity index (χ4v) is 1.87. The SMILES string of the molecule is CC(CN)C(=O)NC1COc2ccccc2C1.Cl. The van der Waals surface area contributed by atoms with Crippen molar-refractivity contribution in [1.82, 2.24) is 5.32 Å². The van der Waals surface area contributed by atoms with Gasteiger partial charge >= 0.3 is 0 Å². The number of hydrogen-bond donors (Lipinski definition) is 2. The van der Waals surface area contributed by atoms with Crippen LogP contribution < -0.4 is 15.8 Å². The van der Waals surface area contributed by atoms with E-state index in [2.05, 4.69) is 5.32 Å². The van der Waals surface area contributed by atoms with Gasteiger partial charge in [0.05, 0.1) is 6.04 Å². The van der Waals surface area contributed by atoms with E-state index in [0.717, 1.165) is 17.7 Å². The van der Waals surface area contributed by atoms with Gasteiger partial charge in [0, 0.05) is 12.5 Å². The van der Waals surface area contributed by atoms with E-state index in [0.29, 0.717) is 13.2 Å². The Kier molecular flexibility index (Phi) is 5.44. The van der Waals surface area contributed by atoms with Gasteiger partial charge in [-0.1, -0.05) is 25.1 Å². The van der Waals surface area contributed by atoms with E-state index >= 15 is 0 Å². The molecule has 0 aliphatic carbocycles. The van der Waals surface area contributed by atoms with Gasteiger partial charge in [-0.2, -0.15) is 0 Å². The molecule has 2 rings (SSSR count). The highest BCUT2D eigenvalue weighted by molar-refractivity contribution is 5.85. The van der Waals surface area contributed by atoms with Crippen LogP contribution in [0, 0.1) is 5.92 Å². The summed E-state index contributed by atoms with van der Waals surface area (Å²) >= 11 is 0. The summed E-state index contributed by atoms with van der Waals surface area (Å²) in [7, 11) is 0. The molecule has 1 aliphatic heterocycles. The monoisotopic (exact) mass is 270 g/mol. The van der Waals surface area contributed by atoms with E-state index in [1.165, 1.54) is 0 Å². The number of halogens is 1. The van der Waals surface area contributed by atoms with Crippen LogP contribution in [0.1, 0.15) is 12.5 Å². The Morgan fingerprint density at radius 1 is 1.56 bits per heavy atom. The standard InChI is InChI=1S/C13H18N2O2.ClH/c1-9(7-14)13(16)15-11-6-10-4-2-3-5-12(10)17-8-11;/h2-5,9,11H,6-8,14H2,1H3,(H,15,16);1H. The normalized spacial score (nSPS) is 18.9. The summed E-state index contributed by atoms with van der Waals surface area (Å²) in [4.78, 5) is 11.7. The number of benzene rings is 1. The Morgan fingerprint density at radius 2 is 2.28 bits per heavy atom. The molecule has 4 nitrogen and oxygen atoms in total. The number of carbonyl (C=O) groups is 1. The van der Waals surface area contributed by atoms with Gasteiger partial charge in [-0.05, 0) is 18.1 Å². The summed E-state index contributed by atoms with van der Waals surface area (Å²) in [5.41, 5.74) is 6.61. The van der Waals surface area contributed by atoms with Crippen molar-refractivity contribution in [3.8, 4) is 5.75 Å². The number of carbonyl (C=O) groups excluding carboxylic acids is 1. The lowest BCUT2D eigenvalue weighted by atomic mass is 10.0. The molecule has 1 aromatic rings. The van der Waals surface area contributed by atoms with Crippen molar-refractivity contribution in [2.24, 2.45) is 11.7 Å². The number of amides is 1. The maximum absolute atomic E-state index is 11.7. The van der Waals surface area contributed by atoms with Crippen LogP contribution in [0.2, 0.25) is 0 Å². The first-order valence-corrected chi connectivity index (χ1v) is 5.92. The van der Waals surface area contributed by atoms with Gasteiger partial charge < -0.3 is 15.8 Å². The molecule has 2 unspecified atom stereocenters. The summed E-state index contributed by atoms with van der Waals surface area (Å²) in [5.74, 6) is 0.775. The van der Waals surface area contributed by atoms with Crippen LogP contribution in [0.15, 0.2) is 24.3 Å². The van der Waals surface area contributed by atoms with Gasteiger partial charge in [0.1, 0.15) is 12.4 Å². The first-order chi connectivity index (χ1) is 8.20. The molecule has 0 fully saturated rings. The quantitative estimate of drug-likeness (QED) is 0.865. The minimum absolute atomic E-state index is 0. The predicted octanol–water partition coefficient (Wildman–Crippen LogP) is 1.12. The Hall–Kier alpha value is -1.26. The minimum atomic E-state index is -0.146. The van der Waals surface area contributed by atoms with Crippen LogP contribution in [0.3, 0.4) is 0 Å². The zero-order valence-corrected chi connectivity index (χ0v) is 11.2. The molecule has 1 aromatic carbocycles. The Labute approximate surface area is 113 Å². The third-order valence-electron chi connectivity index (χ3n) is 3.03. The molecule has 0 saturated heterocycles. The van der Waals surface area contributed by atoms with Crippen molar-refractivity contribution in [3.63, 3.8) is 0 Å². The number of rotatable bonds is 3. The lowest BCUT2D eigenvalue weighted by Crippen LogP contribution is -2.45. The molecule has 0 bridgehead atoms. The third-order valence-corrected chi connectivity index (χ3v) is 3.03. The van der Waals surface area contributed by atoms with Crippen molar-refractivity contribution in [2.45, 2.75) is 19.4 Å². The number of fused-ring (bicyclic) bond motifs is 1. The third kappa shape index (κ3) is 3.37. The van der Waals surface area contributed by atoms with E-state index in [4.69, 9.17) is 10.5 Å². The fraction of sp³-hybridized carbons (Fsp3) is 0.462. The Morgan fingerprint density at radius 3 is 3.00 bits per heavy atom. The average Bonchev–Trinajstić information content (AvgIpc) is 2.37. The summed E-state index contributed by atoms with van der Waals surface area (Å²) in [6.45, 7) is 2.73. The second-order valence-electron chi connectivity index (χ2n) is 4.47. The topological polar surface area (TPSA) is 64.4 Å². The molecular formula is C13H19ClN2O2. The highest BCUT2D eigenvalue weighted by atomic mass is 35.5. The van der Waals surface area contributed by atoms with Gasteiger partial charge in [-0.25, -0.2) is 0 Å². The Bertz CT molecular complexity index is 412. The zero-order chi connectivity index (χ0) is 12.3. The molecule has 1 heterocycles. The van der Waals surface area contributed by atoms with E-state index in [1.54, 1.807) is 0 Å². The number of para-hydroxylation sites is 1. The van der Waals surface area contributed by atoms with Crippen LogP contribution >= 0.6 is 12.4 Å². The van der Waals surface area contributed by atoms with Gasteiger partial charge in [-0.15, -0.1) is 12.4 Å². The number of nitrogens with two attached hydrogens (primary N) is 1. The highest BCUT2D eigenvalue weighted by Gasteiger charge is 2.22. The van der Waals surface area contributed by atoms with Crippen molar-refractivity contribution < 1.29 is 9.53 Å². The molecule has 2 atom stereocenters. The fourth-order valence-electron chi connectivity index (χ4n) is 1.87. The molecule has 0 radical (unpaired) electrons. The lowest BCUT2D eigenvalue weighted by molar-refractivity contribution is -0.125. The van der Waals surface area contributed by atoms with Crippen molar-refractivity contribution in [3.05, 3.63) is 29.8 Å². The number of hydrogen-bond acceptors (Lipinski definition) is 3. The first kappa shape index (κ1) is 14.8. The van der Waals surface area contributed by atoms with Crippen LogP contribution in [-0.4, -0.2) is 25.1 Å². The summed E-state index contributed by atoms with van der Waals surface area (Å²) in [6.07, 6.45) is 0.819. The molecule has 0 aromatic heterocycles. The van der Waals surface area contributed by atoms with Crippen LogP contribution in [0.5, 0.6) is 5.75 Å². The average molecular weight is 271 g/mol. The number of ether oxygens (including phenoxy) is 1. The second-order valence-corrected chi connectivity index (χ2v) is 4.47. The van der Waals surface area contributed by atoms with Gasteiger partial charge in [0.15, 0.2) is 0 Å². The molecule has 3 N–H and O–H groups in total. The van der Waals surface area contributed by atoms with E-state index in [-0.39, 0.29) is 30.3 Å². The molecule has 18 heavy (non-hydrogen) atoms. The first-order valence-electron chi connectivity index (χ1n) is 5.92. The van der Waals surface area contributed by atoms with Crippen LogP contribution in [0.25, 0.3) is 0 Å². The zero-order valence-electron chi connectivity index (χ0n) is 10.4. The molecule has 0 spiro atoms. The van der Waals surface area contributed by atoms with Gasteiger partial charge in [0.2, 0.25) is 5.91 Å². The molecule has 100 valence electrons. The second kappa shape index (κ2) is 6.61. The predicted molar refractivity (Wildman–Crippen MR) is 73.0 cm³/mol. The molecule has 0 saturated carbocycles. The van der Waals surface area contributed by atoms with E-state index in [1.807, 2.05) is 31.2 Å². The largest absolute Gasteiger partial charge is 0.491 e. The minimum Gasteiger partial charge on any atom is -0.491 e. The Balaban J connectivity index is 0.00000162. The molecule has 1 aliphatic rings. The van der Waals surface area contributed by atoms with Crippen molar-refractivity contribution in [2.75, 3.05) is 13.2 Å². The number of nitrogens with one attached hydrogen (secondary N) is 1. The maximum atomic E-state index is 11.7.